The van der Waals surface area contributed by atoms with Gasteiger partial charge in [0.2, 0.25) is 11.8 Å². The number of aryl methyl sites for hydroxylation is 4. The molecule has 0 radical (unpaired) electrons. The second-order valence-electron chi connectivity index (χ2n) is 12.3. The number of ether oxygens (including phenoxy) is 1. The molecule has 0 saturated heterocycles. The van der Waals surface area contributed by atoms with E-state index in [9.17, 15) is 19.2 Å². The number of hydrogen-bond donors (Lipinski definition) is 3. The van der Waals surface area contributed by atoms with E-state index in [0.717, 1.165) is 22.3 Å². The molecule has 4 N–H and O–H groups in total. The maximum Gasteiger partial charge on any atom is 0.408 e. The minimum Gasteiger partial charge on any atom is -0.444 e. The van der Waals surface area contributed by atoms with E-state index in [0.29, 0.717) is 17.7 Å². The number of nitrogens with two attached hydrogens (primary N) is 1. The molecular formula is C32H46N4O5. The molecule has 224 valence electrons. The molecule has 9 heteroatoms. The zero-order valence-corrected chi connectivity index (χ0v) is 26.1. The Morgan fingerprint density at radius 1 is 0.927 bits per heavy atom. The highest BCUT2D eigenvalue weighted by Crippen LogP contribution is 2.35. The lowest BCUT2D eigenvalue weighted by Gasteiger charge is -2.45. The second-order valence-corrected chi connectivity index (χ2v) is 12.3. The fourth-order valence-electron chi connectivity index (χ4n) is 4.62. The molecule has 4 amide bonds. The standard InChI is InChI=1S/C32H46N4O5/c1-11-32(9,10)36(29(39)24(18-25(33)37)34-30(40)41-31(6,7)8)27(23-17-19(2)15-16-20(23)3)28(38)35-26-21(4)13-12-14-22(26)5/h12-17,24,27H,11,18H2,1-10H3,(H2,33,37)(H,34,40)(H,35,38). The molecule has 2 aromatic rings. The van der Waals surface area contributed by atoms with Gasteiger partial charge in [0, 0.05) is 11.2 Å². The molecule has 2 rings (SSSR count). The summed E-state index contributed by atoms with van der Waals surface area (Å²) in [5.41, 5.74) is 8.60. The quantitative estimate of drug-likeness (QED) is 0.355. The van der Waals surface area contributed by atoms with Crippen molar-refractivity contribution in [3.8, 4) is 0 Å². The van der Waals surface area contributed by atoms with Crippen LogP contribution in [0.1, 0.15) is 88.2 Å². The predicted molar refractivity (Wildman–Crippen MR) is 161 cm³/mol. The number of carbonyl (C=O) groups excluding carboxylic acids is 4. The average Bonchev–Trinajstić information content (AvgIpc) is 2.84. The SMILES string of the molecule is CCC(C)(C)N(C(=O)C(CC(N)=O)NC(=O)OC(C)(C)C)C(C(=O)Nc1c(C)cccc1C)c1cc(C)ccc1C. The minimum absolute atomic E-state index is 0.416. The lowest BCUT2D eigenvalue weighted by molar-refractivity contribution is -0.148. The molecule has 9 nitrogen and oxygen atoms in total. The summed E-state index contributed by atoms with van der Waals surface area (Å²) in [7, 11) is 0. The molecule has 41 heavy (non-hydrogen) atoms. The number of para-hydroxylation sites is 1. The number of hydrogen-bond acceptors (Lipinski definition) is 5. The van der Waals surface area contributed by atoms with Gasteiger partial charge in [0.25, 0.3) is 5.91 Å². The van der Waals surface area contributed by atoms with Crippen molar-refractivity contribution in [2.24, 2.45) is 5.73 Å². The van der Waals surface area contributed by atoms with Crippen LogP contribution in [0.4, 0.5) is 10.5 Å². The number of primary amides is 1. The summed E-state index contributed by atoms with van der Waals surface area (Å²) >= 11 is 0. The largest absolute Gasteiger partial charge is 0.444 e. The number of alkyl carbamates (subject to hydrolysis) is 1. The first-order valence-corrected chi connectivity index (χ1v) is 13.9. The second kappa shape index (κ2) is 13.2. The minimum atomic E-state index is -1.35. The monoisotopic (exact) mass is 566 g/mol. The fraction of sp³-hybridized carbons (Fsp3) is 0.500. The lowest BCUT2D eigenvalue weighted by atomic mass is 9.89. The third kappa shape index (κ3) is 8.80. The number of amides is 4. The molecule has 0 aliphatic heterocycles. The van der Waals surface area contributed by atoms with Crippen LogP contribution < -0.4 is 16.4 Å². The van der Waals surface area contributed by atoms with Gasteiger partial charge in [-0.1, -0.05) is 48.9 Å². The summed E-state index contributed by atoms with van der Waals surface area (Å²) in [6.07, 6.45) is -0.853. The van der Waals surface area contributed by atoms with Gasteiger partial charge in [-0.15, -0.1) is 0 Å². The van der Waals surface area contributed by atoms with Gasteiger partial charge in [-0.2, -0.15) is 0 Å². The smallest absolute Gasteiger partial charge is 0.408 e. The van der Waals surface area contributed by atoms with Crippen LogP contribution in [0.2, 0.25) is 0 Å². The van der Waals surface area contributed by atoms with E-state index in [1.807, 2.05) is 84.9 Å². The van der Waals surface area contributed by atoms with Gasteiger partial charge in [0.15, 0.2) is 0 Å². The van der Waals surface area contributed by atoms with Crippen LogP contribution in [-0.2, 0) is 19.1 Å². The Labute approximate surface area is 244 Å². The first-order valence-electron chi connectivity index (χ1n) is 13.9. The van der Waals surface area contributed by atoms with Crippen molar-refractivity contribution in [1.82, 2.24) is 10.2 Å². The van der Waals surface area contributed by atoms with Gasteiger partial charge < -0.3 is 26.0 Å². The molecule has 0 aliphatic rings. The molecule has 2 aromatic carbocycles. The van der Waals surface area contributed by atoms with Crippen LogP contribution in [0.3, 0.4) is 0 Å². The van der Waals surface area contributed by atoms with Gasteiger partial charge in [-0.05, 0) is 91.0 Å². The third-order valence-electron chi connectivity index (χ3n) is 7.11. The van der Waals surface area contributed by atoms with Crippen molar-refractivity contribution in [2.45, 2.75) is 105 Å². The molecule has 0 aromatic heterocycles. The number of carbonyl (C=O) groups is 4. The third-order valence-corrected chi connectivity index (χ3v) is 7.11. The summed E-state index contributed by atoms with van der Waals surface area (Å²) in [4.78, 5) is 55.1. The molecule has 2 unspecified atom stereocenters. The molecule has 0 bridgehead atoms. The maximum atomic E-state index is 14.5. The highest BCUT2D eigenvalue weighted by atomic mass is 16.6. The molecule has 0 heterocycles. The molecule has 0 aliphatic carbocycles. The van der Waals surface area contributed by atoms with Gasteiger partial charge in [-0.25, -0.2) is 4.79 Å². The highest BCUT2D eigenvalue weighted by molar-refractivity contribution is 6.01. The van der Waals surface area contributed by atoms with Crippen LogP contribution >= 0.6 is 0 Å². The molecule has 2 atom stereocenters. The summed E-state index contributed by atoms with van der Waals surface area (Å²) in [5, 5.41) is 5.61. The normalized spacial score (nSPS) is 13.1. The molecular weight excluding hydrogens is 520 g/mol. The Morgan fingerprint density at radius 2 is 1.51 bits per heavy atom. The fourth-order valence-corrected chi connectivity index (χ4v) is 4.62. The van der Waals surface area contributed by atoms with E-state index in [1.165, 1.54) is 4.90 Å². The molecule has 0 spiro atoms. The van der Waals surface area contributed by atoms with Gasteiger partial charge >= 0.3 is 6.09 Å². The highest BCUT2D eigenvalue weighted by Gasteiger charge is 2.44. The van der Waals surface area contributed by atoms with Crippen molar-refractivity contribution in [3.63, 3.8) is 0 Å². The summed E-state index contributed by atoms with van der Waals surface area (Å²) in [5.74, 6) is -1.82. The van der Waals surface area contributed by atoms with Crippen molar-refractivity contribution in [3.05, 3.63) is 64.2 Å². The zero-order valence-electron chi connectivity index (χ0n) is 26.1. The molecule has 0 fully saturated rings. The number of rotatable bonds is 10. The maximum absolute atomic E-state index is 14.5. The van der Waals surface area contributed by atoms with Crippen molar-refractivity contribution < 1.29 is 23.9 Å². The first kappa shape index (κ1) is 33.3. The number of nitrogens with one attached hydrogen (secondary N) is 2. The van der Waals surface area contributed by atoms with Gasteiger partial charge in [0.05, 0.1) is 6.42 Å². The summed E-state index contributed by atoms with van der Waals surface area (Å²) in [6, 6.07) is 9.02. The van der Waals surface area contributed by atoms with E-state index in [-0.39, 0.29) is 0 Å². The van der Waals surface area contributed by atoms with E-state index in [1.54, 1.807) is 20.8 Å². The van der Waals surface area contributed by atoms with Crippen LogP contribution in [-0.4, -0.2) is 45.9 Å². The van der Waals surface area contributed by atoms with Crippen molar-refractivity contribution in [2.75, 3.05) is 5.32 Å². The van der Waals surface area contributed by atoms with Crippen LogP contribution in [0.25, 0.3) is 0 Å². The predicted octanol–water partition coefficient (Wildman–Crippen LogP) is 5.39. The Kier molecular flexibility index (Phi) is 10.7. The van der Waals surface area contributed by atoms with Crippen molar-refractivity contribution in [1.29, 1.82) is 0 Å². The Morgan fingerprint density at radius 3 is 2.02 bits per heavy atom. The van der Waals surface area contributed by atoms with Crippen molar-refractivity contribution >= 4 is 29.5 Å². The summed E-state index contributed by atoms with van der Waals surface area (Å²) < 4.78 is 5.37. The van der Waals surface area contributed by atoms with E-state index in [4.69, 9.17) is 10.5 Å². The topological polar surface area (TPSA) is 131 Å². The first-order chi connectivity index (χ1) is 18.9. The van der Waals surface area contributed by atoms with Crippen LogP contribution in [0.5, 0.6) is 0 Å². The van der Waals surface area contributed by atoms with Gasteiger partial charge in [-0.3, -0.25) is 14.4 Å². The number of benzene rings is 2. The van der Waals surface area contributed by atoms with E-state index < -0.39 is 53.5 Å². The Bertz CT molecular complexity index is 1280. The van der Waals surface area contributed by atoms with E-state index >= 15 is 0 Å². The molecule has 0 saturated carbocycles. The summed E-state index contributed by atoms with van der Waals surface area (Å²) in [6.45, 7) is 18.3. The number of anilines is 1. The lowest BCUT2D eigenvalue weighted by Crippen LogP contribution is -2.59. The number of nitrogens with zero attached hydrogens (tertiary/aromatic N) is 1. The average molecular weight is 567 g/mol. The van der Waals surface area contributed by atoms with Crippen LogP contribution in [0.15, 0.2) is 36.4 Å². The Balaban J connectivity index is 2.75. The van der Waals surface area contributed by atoms with Gasteiger partial charge in [0.1, 0.15) is 17.7 Å². The van der Waals surface area contributed by atoms with E-state index in [2.05, 4.69) is 10.6 Å². The Hall–Kier alpha value is -3.88. The van der Waals surface area contributed by atoms with Crippen LogP contribution in [0, 0.1) is 27.7 Å². The zero-order chi connectivity index (χ0) is 31.3.